The third-order valence-electron chi connectivity index (χ3n) is 3.48. The highest BCUT2D eigenvalue weighted by Gasteiger charge is 2.15. The maximum absolute atomic E-state index is 12.2. The van der Waals surface area contributed by atoms with Gasteiger partial charge < -0.3 is 15.0 Å². The number of benzene rings is 2. The van der Waals surface area contributed by atoms with Crippen LogP contribution in [0.3, 0.4) is 0 Å². The van der Waals surface area contributed by atoms with Gasteiger partial charge in [0.15, 0.2) is 0 Å². The summed E-state index contributed by atoms with van der Waals surface area (Å²) in [6.45, 7) is 1.62. The van der Waals surface area contributed by atoms with Gasteiger partial charge in [0.2, 0.25) is 11.8 Å². The lowest BCUT2D eigenvalue weighted by Gasteiger charge is -2.21. The minimum Gasteiger partial charge on any atom is -0.495 e. The van der Waals surface area contributed by atoms with Gasteiger partial charge in [-0.1, -0.05) is 35.3 Å². The van der Waals surface area contributed by atoms with Crippen molar-refractivity contribution in [1.29, 1.82) is 0 Å². The quantitative estimate of drug-likeness (QED) is 0.808. The third kappa shape index (κ3) is 5.37. The summed E-state index contributed by atoms with van der Waals surface area (Å²) in [6, 6.07) is 12.0. The predicted octanol–water partition coefficient (Wildman–Crippen LogP) is 4.38. The van der Waals surface area contributed by atoms with Crippen LogP contribution in [0.1, 0.15) is 13.3 Å². The zero-order valence-electron chi connectivity index (χ0n) is 13.9. The maximum atomic E-state index is 12.2. The molecule has 5 nitrogen and oxygen atoms in total. The molecule has 2 aromatic rings. The molecule has 0 unspecified atom stereocenters. The number of nitrogens with one attached hydrogen (secondary N) is 1. The van der Waals surface area contributed by atoms with Crippen molar-refractivity contribution in [2.24, 2.45) is 0 Å². The number of methoxy groups -OCH3 is 1. The highest BCUT2D eigenvalue weighted by molar-refractivity contribution is 6.35. The Morgan fingerprint density at radius 3 is 2.36 bits per heavy atom. The Balaban J connectivity index is 2.06. The monoisotopic (exact) mass is 380 g/mol. The summed E-state index contributed by atoms with van der Waals surface area (Å²) >= 11 is 12.0. The van der Waals surface area contributed by atoms with Crippen LogP contribution in [0.25, 0.3) is 0 Å². The van der Waals surface area contributed by atoms with Crippen molar-refractivity contribution in [3.05, 3.63) is 52.5 Å². The van der Waals surface area contributed by atoms with E-state index in [2.05, 4.69) is 5.32 Å². The Labute approximate surface area is 156 Å². The summed E-state index contributed by atoms with van der Waals surface area (Å²) in [7, 11) is 1.53. The molecule has 2 amide bonds. The first-order valence-electron chi connectivity index (χ1n) is 7.57. The van der Waals surface area contributed by atoms with Crippen LogP contribution in [0.15, 0.2) is 42.5 Å². The first-order chi connectivity index (χ1) is 11.9. The van der Waals surface area contributed by atoms with E-state index in [9.17, 15) is 9.59 Å². The lowest BCUT2D eigenvalue weighted by atomic mass is 10.2. The van der Waals surface area contributed by atoms with Crippen molar-refractivity contribution >= 4 is 46.4 Å². The second-order valence-corrected chi connectivity index (χ2v) is 6.17. The van der Waals surface area contributed by atoms with Crippen LogP contribution < -0.4 is 15.0 Å². The molecule has 0 radical (unpaired) electrons. The van der Waals surface area contributed by atoms with Crippen LogP contribution in [-0.2, 0) is 9.59 Å². The Bertz CT molecular complexity index is 760. The summed E-state index contributed by atoms with van der Waals surface area (Å²) < 4.78 is 5.20. The van der Waals surface area contributed by atoms with Gasteiger partial charge in [0.25, 0.3) is 0 Å². The number of halogens is 2. The van der Waals surface area contributed by atoms with Gasteiger partial charge in [-0.25, -0.2) is 0 Å². The number of hydrogen-bond donors (Lipinski definition) is 1. The van der Waals surface area contributed by atoms with Crippen LogP contribution in [0, 0.1) is 0 Å². The first-order valence-corrected chi connectivity index (χ1v) is 8.33. The fourth-order valence-corrected chi connectivity index (χ4v) is 2.85. The summed E-state index contributed by atoms with van der Waals surface area (Å²) in [5.41, 5.74) is 1.13. The van der Waals surface area contributed by atoms with Crippen molar-refractivity contribution < 1.29 is 14.3 Å². The Kier molecular flexibility index (Phi) is 6.67. The predicted molar refractivity (Wildman–Crippen MR) is 101 cm³/mol. The number of ether oxygens (including phenoxy) is 1. The summed E-state index contributed by atoms with van der Waals surface area (Å²) in [4.78, 5) is 25.6. The van der Waals surface area contributed by atoms with Crippen molar-refractivity contribution in [3.8, 4) is 5.75 Å². The molecule has 1 N–H and O–H groups in total. The molecule has 0 aromatic heterocycles. The number of rotatable bonds is 6. The van der Waals surface area contributed by atoms with Gasteiger partial charge in [0.05, 0.1) is 12.8 Å². The van der Waals surface area contributed by atoms with E-state index in [-0.39, 0.29) is 24.8 Å². The molecule has 0 bridgehead atoms. The van der Waals surface area contributed by atoms with Crippen LogP contribution in [0.5, 0.6) is 5.75 Å². The fraction of sp³-hybridized carbons (Fsp3) is 0.222. The number of para-hydroxylation sites is 2. The molecule has 0 fully saturated rings. The zero-order chi connectivity index (χ0) is 18.4. The van der Waals surface area contributed by atoms with Gasteiger partial charge in [-0.05, 0) is 30.3 Å². The second kappa shape index (κ2) is 8.74. The third-order valence-corrected chi connectivity index (χ3v) is 3.92. The molecular formula is C18H18Cl2N2O3. The molecule has 0 saturated heterocycles. The van der Waals surface area contributed by atoms with Crippen molar-refractivity contribution in [2.75, 3.05) is 23.9 Å². The number of carbonyl (C=O) groups is 2. The summed E-state index contributed by atoms with van der Waals surface area (Å²) in [6.07, 6.45) is 0.113. The van der Waals surface area contributed by atoms with E-state index in [0.717, 1.165) is 0 Å². The molecule has 0 spiro atoms. The van der Waals surface area contributed by atoms with E-state index in [1.807, 2.05) is 6.07 Å². The molecule has 0 aliphatic heterocycles. The van der Waals surface area contributed by atoms with E-state index in [4.69, 9.17) is 27.9 Å². The van der Waals surface area contributed by atoms with Gasteiger partial charge >= 0.3 is 0 Å². The maximum Gasteiger partial charge on any atom is 0.226 e. The Morgan fingerprint density at radius 2 is 1.76 bits per heavy atom. The minimum atomic E-state index is -0.233. The number of anilines is 2. The SMILES string of the molecule is COc1ccccc1NC(=O)CCN(C(C)=O)c1cc(Cl)cc(Cl)c1. The van der Waals surface area contributed by atoms with E-state index < -0.39 is 0 Å². The van der Waals surface area contributed by atoms with Gasteiger partial charge in [-0.15, -0.1) is 0 Å². The average molecular weight is 381 g/mol. The molecule has 2 rings (SSSR count). The van der Waals surface area contributed by atoms with E-state index >= 15 is 0 Å². The second-order valence-electron chi connectivity index (χ2n) is 5.30. The molecule has 0 atom stereocenters. The largest absolute Gasteiger partial charge is 0.495 e. The van der Waals surface area contributed by atoms with Crippen molar-refractivity contribution in [3.63, 3.8) is 0 Å². The molecule has 132 valence electrons. The standard InChI is InChI=1S/C18H18Cl2N2O3/c1-12(23)22(15-10-13(19)9-14(20)11-15)8-7-18(24)21-16-5-3-4-6-17(16)25-2/h3-6,9-11H,7-8H2,1-2H3,(H,21,24). The fourth-order valence-electron chi connectivity index (χ4n) is 2.34. The Morgan fingerprint density at radius 1 is 1.12 bits per heavy atom. The van der Waals surface area contributed by atoms with Crippen LogP contribution in [0.2, 0.25) is 10.0 Å². The molecular weight excluding hydrogens is 363 g/mol. The van der Waals surface area contributed by atoms with E-state index in [1.165, 1.54) is 18.9 Å². The van der Waals surface area contributed by atoms with Crippen molar-refractivity contribution in [2.45, 2.75) is 13.3 Å². The highest BCUT2D eigenvalue weighted by atomic mass is 35.5. The van der Waals surface area contributed by atoms with Crippen LogP contribution in [-0.4, -0.2) is 25.5 Å². The minimum absolute atomic E-state index is 0.113. The lowest BCUT2D eigenvalue weighted by Crippen LogP contribution is -2.32. The lowest BCUT2D eigenvalue weighted by molar-refractivity contribution is -0.117. The van der Waals surface area contributed by atoms with Crippen LogP contribution in [0.4, 0.5) is 11.4 Å². The van der Waals surface area contributed by atoms with Gasteiger partial charge in [0.1, 0.15) is 5.75 Å². The molecule has 7 heteroatoms. The van der Waals surface area contributed by atoms with Crippen molar-refractivity contribution in [1.82, 2.24) is 0 Å². The molecule has 2 aromatic carbocycles. The van der Waals surface area contributed by atoms with Gasteiger partial charge in [-0.2, -0.15) is 0 Å². The number of nitrogens with zero attached hydrogens (tertiary/aromatic N) is 1. The number of hydrogen-bond acceptors (Lipinski definition) is 3. The average Bonchev–Trinajstić information content (AvgIpc) is 2.54. The van der Waals surface area contributed by atoms with Crippen LogP contribution >= 0.6 is 23.2 Å². The molecule has 0 aliphatic rings. The molecule has 0 saturated carbocycles. The van der Waals surface area contributed by atoms with E-state index in [0.29, 0.717) is 27.2 Å². The van der Waals surface area contributed by atoms with Gasteiger partial charge in [0, 0.05) is 35.6 Å². The Hall–Kier alpha value is -2.24. The smallest absolute Gasteiger partial charge is 0.226 e. The first kappa shape index (κ1) is 19.1. The normalized spacial score (nSPS) is 10.2. The zero-order valence-corrected chi connectivity index (χ0v) is 15.4. The highest BCUT2D eigenvalue weighted by Crippen LogP contribution is 2.26. The molecule has 25 heavy (non-hydrogen) atoms. The molecule has 0 heterocycles. The summed E-state index contributed by atoms with van der Waals surface area (Å²) in [5.74, 6) is 0.133. The number of amides is 2. The van der Waals surface area contributed by atoms with E-state index in [1.54, 1.807) is 36.4 Å². The number of carbonyl (C=O) groups excluding carboxylic acids is 2. The summed E-state index contributed by atoms with van der Waals surface area (Å²) in [5, 5.41) is 3.62. The van der Waals surface area contributed by atoms with Gasteiger partial charge in [-0.3, -0.25) is 9.59 Å². The molecule has 0 aliphatic carbocycles. The topological polar surface area (TPSA) is 58.6 Å².